The molecule has 0 spiro atoms. The van der Waals surface area contributed by atoms with Crippen LogP contribution in [0.1, 0.15) is 56.7 Å². The molecule has 1 aliphatic rings. The second kappa shape index (κ2) is 8.06. The van der Waals surface area contributed by atoms with Crippen molar-refractivity contribution in [3.8, 4) is 0 Å². The second-order valence-electron chi connectivity index (χ2n) is 4.85. The highest BCUT2D eigenvalue weighted by Crippen LogP contribution is 2.24. The monoisotopic (exact) mass is 333 g/mol. The smallest absolute Gasteiger partial charge is 0.356 e. The summed E-state index contributed by atoms with van der Waals surface area (Å²) in [6.45, 7) is 9.05. The average molecular weight is 333 g/mol. The average Bonchev–Trinajstić information content (AvgIpc) is 3.06. The van der Waals surface area contributed by atoms with Gasteiger partial charge < -0.3 is 4.74 Å². The molecular weight excluding hydrogens is 310 g/mol. The summed E-state index contributed by atoms with van der Waals surface area (Å²) in [5.41, 5.74) is 3.48. The first-order valence-electron chi connectivity index (χ1n) is 8.06. The van der Waals surface area contributed by atoms with Crippen molar-refractivity contribution in [2.75, 3.05) is 13.2 Å². The maximum absolute atomic E-state index is 11.9. The van der Waals surface area contributed by atoms with Crippen LogP contribution >= 0.6 is 11.3 Å². The van der Waals surface area contributed by atoms with Crippen LogP contribution in [0.25, 0.3) is 10.5 Å². The molecule has 0 atom stereocenters. The summed E-state index contributed by atoms with van der Waals surface area (Å²) in [5.74, 6) is -0.312. The molecule has 0 N–H and O–H groups in total. The fourth-order valence-electron chi connectivity index (χ4n) is 2.37. The van der Waals surface area contributed by atoms with Gasteiger partial charge in [0.05, 0.1) is 12.3 Å². The molecule has 2 aromatic rings. The number of imidazole rings is 1. The van der Waals surface area contributed by atoms with Crippen molar-refractivity contribution >= 4 is 33.6 Å². The Morgan fingerprint density at radius 1 is 1.43 bits per heavy atom. The first-order chi connectivity index (χ1) is 11.2. The van der Waals surface area contributed by atoms with E-state index in [9.17, 15) is 4.79 Å². The highest BCUT2D eigenvalue weighted by atomic mass is 32.1. The number of rotatable bonds is 3. The quantitative estimate of drug-likeness (QED) is 0.790. The number of aliphatic imine (C=N–C) groups is 1. The van der Waals surface area contributed by atoms with Crippen molar-refractivity contribution in [2.24, 2.45) is 4.99 Å². The number of esters is 1. The summed E-state index contributed by atoms with van der Waals surface area (Å²) in [6, 6.07) is 0. The lowest BCUT2D eigenvalue weighted by Gasteiger charge is -2.01. The highest BCUT2D eigenvalue weighted by Gasteiger charge is 2.18. The Morgan fingerprint density at radius 2 is 2.22 bits per heavy atom. The molecule has 3 rings (SSSR count). The predicted octanol–water partition coefficient (Wildman–Crippen LogP) is 4.24. The van der Waals surface area contributed by atoms with Crippen LogP contribution in [0.3, 0.4) is 0 Å². The number of hydrogen-bond acceptors (Lipinski definition) is 5. The van der Waals surface area contributed by atoms with Gasteiger partial charge in [0, 0.05) is 29.4 Å². The molecule has 124 valence electrons. The Hall–Kier alpha value is -1.95. The summed E-state index contributed by atoms with van der Waals surface area (Å²) in [7, 11) is 0. The number of carbonyl (C=O) groups excluding carboxylic acids is 1. The van der Waals surface area contributed by atoms with Crippen LogP contribution in [-0.2, 0) is 4.74 Å². The zero-order valence-electron chi connectivity index (χ0n) is 14.1. The molecule has 5 nitrogen and oxygen atoms in total. The molecule has 0 aromatic carbocycles. The van der Waals surface area contributed by atoms with Crippen molar-refractivity contribution in [1.29, 1.82) is 0 Å². The number of fused-ring (bicyclic) bond motifs is 1. The lowest BCUT2D eigenvalue weighted by atomic mass is 10.1. The van der Waals surface area contributed by atoms with Crippen molar-refractivity contribution in [3.05, 3.63) is 29.0 Å². The second-order valence-corrected chi connectivity index (χ2v) is 5.68. The fraction of sp³-hybridized carbons (Fsp3) is 0.471. The van der Waals surface area contributed by atoms with E-state index in [1.807, 2.05) is 27.0 Å². The van der Waals surface area contributed by atoms with Crippen LogP contribution < -0.4 is 0 Å². The molecule has 0 fully saturated rings. The van der Waals surface area contributed by atoms with Gasteiger partial charge in [-0.1, -0.05) is 19.9 Å². The van der Waals surface area contributed by atoms with Gasteiger partial charge >= 0.3 is 5.97 Å². The van der Waals surface area contributed by atoms with E-state index < -0.39 is 0 Å². The largest absolute Gasteiger partial charge is 0.461 e. The summed E-state index contributed by atoms with van der Waals surface area (Å²) in [4.78, 5) is 21.9. The zero-order chi connectivity index (χ0) is 16.8. The van der Waals surface area contributed by atoms with Crippen molar-refractivity contribution in [2.45, 2.75) is 40.5 Å². The number of ether oxygens (including phenoxy) is 1. The predicted molar refractivity (Wildman–Crippen MR) is 95.6 cm³/mol. The first-order valence-corrected chi connectivity index (χ1v) is 8.94. The van der Waals surface area contributed by atoms with Gasteiger partial charge in [0.2, 0.25) is 0 Å². The van der Waals surface area contributed by atoms with Crippen LogP contribution in [-0.4, -0.2) is 34.2 Å². The minimum Gasteiger partial charge on any atom is -0.461 e. The van der Waals surface area contributed by atoms with E-state index in [1.54, 1.807) is 16.7 Å². The number of allylic oxidation sites excluding steroid dienone is 2. The Kier molecular flexibility index (Phi) is 6.10. The summed E-state index contributed by atoms with van der Waals surface area (Å²) < 4.78 is 6.87. The van der Waals surface area contributed by atoms with Crippen LogP contribution in [0.2, 0.25) is 0 Å². The maximum Gasteiger partial charge on any atom is 0.356 e. The van der Waals surface area contributed by atoms with E-state index in [0.29, 0.717) is 12.3 Å². The van der Waals surface area contributed by atoms with Gasteiger partial charge in [-0.05, 0) is 26.7 Å². The molecule has 0 amide bonds. The third-order valence-corrected chi connectivity index (χ3v) is 4.26. The Labute approximate surface area is 140 Å². The minimum absolute atomic E-state index is 0.312. The third-order valence-electron chi connectivity index (χ3n) is 3.42. The molecular formula is C17H23N3O2S. The lowest BCUT2D eigenvalue weighted by molar-refractivity contribution is 0.0518. The number of carbonyl (C=O) groups is 1. The van der Waals surface area contributed by atoms with Gasteiger partial charge in [-0.15, -0.1) is 11.3 Å². The van der Waals surface area contributed by atoms with Gasteiger partial charge in [0.15, 0.2) is 4.96 Å². The molecule has 0 aliphatic carbocycles. The molecule has 0 saturated carbocycles. The van der Waals surface area contributed by atoms with Crippen molar-refractivity contribution in [3.63, 3.8) is 0 Å². The number of hydrogen-bond donors (Lipinski definition) is 0. The summed E-state index contributed by atoms with van der Waals surface area (Å²) in [6.07, 6.45) is 6.15. The molecule has 1 aliphatic heterocycles. The number of thiazole rings is 1. The summed E-state index contributed by atoms with van der Waals surface area (Å²) >= 11 is 1.44. The first kappa shape index (κ1) is 17.4. The standard InChI is InChI=1S/C15H17N3O2S.C2H6/c1-3-20-14(19)13-9-21-15-17-12(8-18(13)15)11-6-4-5-7-16-10(11)2;1-2/h6,8-9H,3-5,7H2,1-2H3;1-2H3. The zero-order valence-corrected chi connectivity index (χ0v) is 14.9. The fourth-order valence-corrected chi connectivity index (χ4v) is 3.22. The van der Waals surface area contributed by atoms with Crippen LogP contribution in [0.5, 0.6) is 0 Å². The molecule has 0 saturated heterocycles. The SMILES string of the molecule is CC.CCOC(=O)c1csc2nc(C3=CCCCN=C3C)cn12. The molecule has 3 heterocycles. The Bertz CT molecular complexity index is 740. The normalized spacial score (nSPS) is 14.4. The highest BCUT2D eigenvalue weighted by molar-refractivity contribution is 7.15. The third kappa shape index (κ3) is 3.69. The molecule has 6 heteroatoms. The molecule has 23 heavy (non-hydrogen) atoms. The van der Waals surface area contributed by atoms with Gasteiger partial charge in [-0.25, -0.2) is 9.78 Å². The van der Waals surface area contributed by atoms with Crippen molar-refractivity contribution < 1.29 is 9.53 Å². The summed E-state index contributed by atoms with van der Waals surface area (Å²) in [5, 5.41) is 1.78. The van der Waals surface area contributed by atoms with Crippen LogP contribution in [0.4, 0.5) is 0 Å². The van der Waals surface area contributed by atoms with Gasteiger partial charge in [0.1, 0.15) is 5.69 Å². The maximum atomic E-state index is 11.9. The molecule has 2 aromatic heterocycles. The van der Waals surface area contributed by atoms with E-state index >= 15 is 0 Å². The molecule has 0 unspecified atom stereocenters. The minimum atomic E-state index is -0.312. The van der Waals surface area contributed by atoms with E-state index in [1.165, 1.54) is 11.3 Å². The Balaban J connectivity index is 0.000000924. The molecule has 0 radical (unpaired) electrons. The topological polar surface area (TPSA) is 56.0 Å². The van der Waals surface area contributed by atoms with E-state index in [4.69, 9.17) is 4.74 Å². The van der Waals surface area contributed by atoms with Crippen LogP contribution in [0, 0.1) is 0 Å². The Morgan fingerprint density at radius 3 is 2.96 bits per heavy atom. The van der Waals surface area contributed by atoms with Crippen LogP contribution in [0.15, 0.2) is 22.6 Å². The van der Waals surface area contributed by atoms with Gasteiger partial charge in [0.25, 0.3) is 0 Å². The number of nitrogens with zero attached hydrogens (tertiary/aromatic N) is 3. The lowest BCUT2D eigenvalue weighted by Crippen LogP contribution is -2.07. The number of aromatic nitrogens is 2. The van der Waals surface area contributed by atoms with E-state index in [0.717, 1.165) is 41.3 Å². The van der Waals surface area contributed by atoms with Gasteiger partial charge in [-0.3, -0.25) is 9.39 Å². The van der Waals surface area contributed by atoms with Gasteiger partial charge in [-0.2, -0.15) is 0 Å². The molecule has 0 bridgehead atoms. The van der Waals surface area contributed by atoms with E-state index in [-0.39, 0.29) is 5.97 Å². The van der Waals surface area contributed by atoms with E-state index in [2.05, 4.69) is 16.1 Å². The van der Waals surface area contributed by atoms with Crippen molar-refractivity contribution in [1.82, 2.24) is 9.38 Å².